The first kappa shape index (κ1) is 14.3. The second kappa shape index (κ2) is 6.39. The highest BCUT2D eigenvalue weighted by atomic mass is 35.5. The summed E-state index contributed by atoms with van der Waals surface area (Å²) in [5, 5.41) is 0.406. The number of carbonyl (C=O) groups excluding carboxylic acids is 1. The molecule has 3 nitrogen and oxygen atoms in total. The molecule has 104 valence electrons. The molecule has 0 atom stereocenters. The summed E-state index contributed by atoms with van der Waals surface area (Å²) in [6.45, 7) is 0.142. The van der Waals surface area contributed by atoms with Gasteiger partial charge in [-0.15, -0.1) is 0 Å². The molecule has 0 heterocycles. The lowest BCUT2D eigenvalue weighted by molar-refractivity contribution is 0.0595. The first-order chi connectivity index (χ1) is 9.60. The Labute approximate surface area is 120 Å². The molecule has 0 amide bonds. The monoisotopic (exact) mass is 294 g/mol. The Balaban J connectivity index is 2.19. The lowest BCUT2D eigenvalue weighted by Gasteiger charge is -2.10. The molecule has 20 heavy (non-hydrogen) atoms. The minimum atomic E-state index is -0.540. The van der Waals surface area contributed by atoms with E-state index in [4.69, 9.17) is 16.3 Å². The Morgan fingerprint density at radius 3 is 2.75 bits per heavy atom. The molecule has 0 spiro atoms. The van der Waals surface area contributed by atoms with Gasteiger partial charge in [-0.3, -0.25) is 0 Å². The number of halogens is 2. The van der Waals surface area contributed by atoms with Gasteiger partial charge in [0.05, 0.1) is 7.11 Å². The summed E-state index contributed by atoms with van der Waals surface area (Å²) in [4.78, 5) is 11.6. The van der Waals surface area contributed by atoms with Crippen LogP contribution in [0.2, 0.25) is 5.02 Å². The number of hydrogen-bond acceptors (Lipinski definition) is 3. The van der Waals surface area contributed by atoms with Gasteiger partial charge in [0, 0.05) is 5.02 Å². The summed E-state index contributed by atoms with van der Waals surface area (Å²) >= 11 is 5.84. The van der Waals surface area contributed by atoms with Crippen LogP contribution >= 0.6 is 11.6 Å². The summed E-state index contributed by atoms with van der Waals surface area (Å²) in [6, 6.07) is 10.7. The first-order valence-electron chi connectivity index (χ1n) is 5.85. The van der Waals surface area contributed by atoms with E-state index in [0.717, 1.165) is 0 Å². The molecule has 0 radical (unpaired) electrons. The fourth-order valence-electron chi connectivity index (χ4n) is 1.69. The van der Waals surface area contributed by atoms with Gasteiger partial charge < -0.3 is 9.47 Å². The topological polar surface area (TPSA) is 35.5 Å². The molecule has 0 saturated heterocycles. The number of carbonyl (C=O) groups is 1. The fraction of sp³-hybridized carbons (Fsp3) is 0.133. The number of hydrogen-bond donors (Lipinski definition) is 0. The molecule has 0 aliphatic heterocycles. The van der Waals surface area contributed by atoms with Crippen LogP contribution in [0.25, 0.3) is 0 Å². The third-order valence-corrected chi connectivity index (χ3v) is 2.87. The normalized spacial score (nSPS) is 10.2. The molecule has 0 aliphatic rings. The second-order valence-corrected chi connectivity index (χ2v) is 4.49. The van der Waals surface area contributed by atoms with Crippen LogP contribution in [0.15, 0.2) is 42.5 Å². The van der Waals surface area contributed by atoms with Gasteiger partial charge in [-0.2, -0.15) is 0 Å². The van der Waals surface area contributed by atoms with Gasteiger partial charge >= 0.3 is 5.97 Å². The maximum absolute atomic E-state index is 13.1. The van der Waals surface area contributed by atoms with Crippen LogP contribution in [-0.4, -0.2) is 13.1 Å². The van der Waals surface area contributed by atoms with Crippen molar-refractivity contribution >= 4 is 17.6 Å². The summed E-state index contributed by atoms with van der Waals surface area (Å²) < 4.78 is 23.3. The number of ether oxygens (including phenoxy) is 2. The Hall–Kier alpha value is -2.07. The highest BCUT2D eigenvalue weighted by molar-refractivity contribution is 6.31. The lowest BCUT2D eigenvalue weighted by atomic mass is 10.2. The van der Waals surface area contributed by atoms with Crippen LogP contribution in [-0.2, 0) is 11.3 Å². The number of methoxy groups -OCH3 is 1. The maximum atomic E-state index is 13.1. The molecule has 0 bridgehead atoms. The summed E-state index contributed by atoms with van der Waals surface area (Å²) in [7, 11) is 1.28. The third kappa shape index (κ3) is 3.48. The molecular formula is C15H12ClFO3. The van der Waals surface area contributed by atoms with Crippen LogP contribution in [0.4, 0.5) is 4.39 Å². The van der Waals surface area contributed by atoms with Crippen molar-refractivity contribution in [1.29, 1.82) is 0 Å². The van der Waals surface area contributed by atoms with Crippen molar-refractivity contribution in [3.8, 4) is 5.75 Å². The quantitative estimate of drug-likeness (QED) is 0.804. The third-order valence-electron chi connectivity index (χ3n) is 2.63. The number of rotatable bonds is 4. The van der Waals surface area contributed by atoms with Crippen LogP contribution in [0.1, 0.15) is 15.9 Å². The average Bonchev–Trinajstić information content (AvgIpc) is 2.45. The Morgan fingerprint density at radius 2 is 2.05 bits per heavy atom. The largest absolute Gasteiger partial charge is 0.488 e. The predicted octanol–water partition coefficient (Wildman–Crippen LogP) is 3.84. The minimum Gasteiger partial charge on any atom is -0.488 e. The van der Waals surface area contributed by atoms with Gasteiger partial charge in [0.1, 0.15) is 23.7 Å². The summed E-state index contributed by atoms with van der Waals surface area (Å²) in [5.41, 5.74) is 0.896. The molecule has 0 fully saturated rings. The molecule has 0 N–H and O–H groups in total. The second-order valence-electron chi connectivity index (χ2n) is 4.05. The van der Waals surface area contributed by atoms with Crippen LogP contribution < -0.4 is 4.74 Å². The van der Waals surface area contributed by atoms with Crippen LogP contribution in [0.3, 0.4) is 0 Å². The molecule has 0 unspecified atom stereocenters. The zero-order chi connectivity index (χ0) is 14.5. The predicted molar refractivity (Wildman–Crippen MR) is 73.5 cm³/mol. The Morgan fingerprint density at radius 1 is 1.25 bits per heavy atom. The first-order valence-corrected chi connectivity index (χ1v) is 6.23. The van der Waals surface area contributed by atoms with Crippen molar-refractivity contribution in [3.63, 3.8) is 0 Å². The van der Waals surface area contributed by atoms with Gasteiger partial charge in [0.15, 0.2) is 0 Å². The van der Waals surface area contributed by atoms with E-state index in [9.17, 15) is 9.18 Å². The zero-order valence-corrected chi connectivity index (χ0v) is 11.5. The van der Waals surface area contributed by atoms with E-state index in [1.165, 1.54) is 25.3 Å². The molecule has 0 aromatic heterocycles. The maximum Gasteiger partial charge on any atom is 0.341 e. The summed E-state index contributed by atoms with van der Waals surface area (Å²) in [5.74, 6) is -0.539. The lowest BCUT2D eigenvalue weighted by Crippen LogP contribution is -2.06. The Kier molecular flexibility index (Phi) is 4.58. The highest BCUT2D eigenvalue weighted by Crippen LogP contribution is 2.24. The van der Waals surface area contributed by atoms with E-state index in [0.29, 0.717) is 16.3 Å². The van der Waals surface area contributed by atoms with Gasteiger partial charge in [-0.05, 0) is 35.9 Å². The van der Waals surface area contributed by atoms with E-state index < -0.39 is 5.97 Å². The van der Waals surface area contributed by atoms with E-state index in [2.05, 4.69) is 4.74 Å². The van der Waals surface area contributed by atoms with Crippen molar-refractivity contribution in [1.82, 2.24) is 0 Å². The molecular weight excluding hydrogens is 283 g/mol. The van der Waals surface area contributed by atoms with Crippen LogP contribution in [0, 0.1) is 5.82 Å². The summed E-state index contributed by atoms with van der Waals surface area (Å²) in [6.07, 6.45) is 0. The highest BCUT2D eigenvalue weighted by Gasteiger charge is 2.14. The van der Waals surface area contributed by atoms with E-state index >= 15 is 0 Å². The van der Waals surface area contributed by atoms with Crippen molar-refractivity contribution in [2.45, 2.75) is 6.61 Å². The minimum absolute atomic E-state index is 0.142. The average molecular weight is 295 g/mol. The van der Waals surface area contributed by atoms with Crippen molar-refractivity contribution in [3.05, 3.63) is 64.4 Å². The smallest absolute Gasteiger partial charge is 0.341 e. The fourth-order valence-corrected chi connectivity index (χ4v) is 1.86. The molecule has 5 heteroatoms. The van der Waals surface area contributed by atoms with Crippen molar-refractivity contribution in [2.75, 3.05) is 7.11 Å². The van der Waals surface area contributed by atoms with Gasteiger partial charge in [0.25, 0.3) is 0 Å². The molecule has 2 aromatic carbocycles. The van der Waals surface area contributed by atoms with Crippen molar-refractivity contribution in [2.24, 2.45) is 0 Å². The standard InChI is InChI=1S/C15H12ClFO3/c1-19-15(18)13-8-11(16)5-6-14(13)20-9-10-3-2-4-12(17)7-10/h2-8H,9H2,1H3. The van der Waals surface area contributed by atoms with Gasteiger partial charge in [-0.1, -0.05) is 23.7 Å². The van der Waals surface area contributed by atoms with Crippen LogP contribution in [0.5, 0.6) is 5.75 Å². The van der Waals surface area contributed by atoms with E-state index in [-0.39, 0.29) is 18.0 Å². The van der Waals surface area contributed by atoms with Gasteiger partial charge in [-0.25, -0.2) is 9.18 Å². The van der Waals surface area contributed by atoms with E-state index in [1.54, 1.807) is 24.3 Å². The van der Waals surface area contributed by atoms with Crippen molar-refractivity contribution < 1.29 is 18.7 Å². The SMILES string of the molecule is COC(=O)c1cc(Cl)ccc1OCc1cccc(F)c1. The molecule has 0 aliphatic carbocycles. The number of esters is 1. The molecule has 2 rings (SSSR count). The molecule has 2 aromatic rings. The Bertz CT molecular complexity index is 628. The molecule has 0 saturated carbocycles. The zero-order valence-electron chi connectivity index (χ0n) is 10.7. The van der Waals surface area contributed by atoms with Gasteiger partial charge in [0.2, 0.25) is 0 Å². The van der Waals surface area contributed by atoms with E-state index in [1.807, 2.05) is 0 Å². The number of benzene rings is 2.